The van der Waals surface area contributed by atoms with Crippen LogP contribution >= 0.6 is 11.3 Å². The van der Waals surface area contributed by atoms with Crippen LogP contribution in [0.3, 0.4) is 0 Å². The molecule has 13 heteroatoms. The van der Waals surface area contributed by atoms with E-state index < -0.39 is 27.9 Å². The third-order valence-corrected chi connectivity index (χ3v) is 7.97. The van der Waals surface area contributed by atoms with Crippen LogP contribution in [0.1, 0.15) is 42.1 Å². The van der Waals surface area contributed by atoms with Gasteiger partial charge in [-0.1, -0.05) is 25.2 Å². The van der Waals surface area contributed by atoms with E-state index in [0.29, 0.717) is 10.6 Å². The molecule has 1 fully saturated rings. The number of aromatic nitrogens is 2. The predicted molar refractivity (Wildman–Crippen MR) is 131 cm³/mol. The Kier molecular flexibility index (Phi) is 8.44. The quantitative estimate of drug-likeness (QED) is 0.428. The molecule has 1 atom stereocenters. The Hall–Kier alpha value is -2.77. The smallest absolute Gasteiger partial charge is 0.323 e. The van der Waals surface area contributed by atoms with Crippen molar-refractivity contribution in [1.82, 2.24) is 20.0 Å². The zero-order valence-electron chi connectivity index (χ0n) is 19.4. The van der Waals surface area contributed by atoms with Gasteiger partial charge in [-0.05, 0) is 25.0 Å². The van der Waals surface area contributed by atoms with E-state index in [9.17, 15) is 23.1 Å². The van der Waals surface area contributed by atoms with E-state index in [0.717, 1.165) is 37.0 Å². The lowest BCUT2D eigenvalue weighted by Crippen LogP contribution is -2.48. The molecule has 0 saturated carbocycles. The fourth-order valence-corrected chi connectivity index (χ4v) is 5.45. The molecule has 0 spiro atoms. The monoisotopic (exact) mass is 510 g/mol. The summed E-state index contributed by atoms with van der Waals surface area (Å²) in [6.07, 6.45) is 3.54. The molecule has 1 amide bonds. The lowest BCUT2D eigenvalue weighted by Gasteiger charge is -2.35. The van der Waals surface area contributed by atoms with Gasteiger partial charge in [-0.3, -0.25) is 14.6 Å². The van der Waals surface area contributed by atoms with E-state index in [1.54, 1.807) is 12.4 Å². The normalized spacial score (nSPS) is 15.4. The lowest BCUT2D eigenvalue weighted by molar-refractivity contribution is -0.138. The maximum absolute atomic E-state index is 12.9. The minimum Gasteiger partial charge on any atom is -0.480 e. The molecule has 0 aromatic carbocycles. The van der Waals surface area contributed by atoms with Crippen LogP contribution in [0.2, 0.25) is 0 Å². The van der Waals surface area contributed by atoms with Crippen molar-refractivity contribution in [2.75, 3.05) is 48.3 Å². The summed E-state index contributed by atoms with van der Waals surface area (Å²) in [4.78, 5) is 38.0. The minimum atomic E-state index is -3.74. The maximum atomic E-state index is 12.9. The van der Waals surface area contributed by atoms with Gasteiger partial charge in [-0.15, -0.1) is 0 Å². The van der Waals surface area contributed by atoms with Gasteiger partial charge in [0.2, 0.25) is 10.0 Å². The highest BCUT2D eigenvalue weighted by Crippen LogP contribution is 2.31. The minimum absolute atomic E-state index is 0.0160. The SMILES string of the molecule is CCS(=O)(=O)N[C@@H](CNC(=O)c1sc(N2CCN(c3ccncc3)CC2)nc1C(C)C)C(=O)O. The van der Waals surface area contributed by atoms with Crippen molar-refractivity contribution in [2.24, 2.45) is 0 Å². The number of nitrogens with zero attached hydrogens (tertiary/aromatic N) is 4. The number of anilines is 2. The van der Waals surface area contributed by atoms with Crippen molar-refractivity contribution in [1.29, 1.82) is 0 Å². The molecule has 1 aliphatic rings. The summed E-state index contributed by atoms with van der Waals surface area (Å²) in [6, 6.07) is 2.50. The van der Waals surface area contributed by atoms with Gasteiger partial charge in [-0.25, -0.2) is 13.4 Å². The van der Waals surface area contributed by atoms with Gasteiger partial charge in [0.1, 0.15) is 10.9 Å². The van der Waals surface area contributed by atoms with Gasteiger partial charge in [0.05, 0.1) is 11.4 Å². The van der Waals surface area contributed by atoms with Crippen molar-refractivity contribution in [3.8, 4) is 0 Å². The van der Waals surface area contributed by atoms with Gasteiger partial charge in [-0.2, -0.15) is 4.72 Å². The van der Waals surface area contributed by atoms with Crippen LogP contribution in [0.5, 0.6) is 0 Å². The molecule has 1 saturated heterocycles. The average molecular weight is 511 g/mol. The Morgan fingerprint density at radius 1 is 1.15 bits per heavy atom. The first-order chi connectivity index (χ1) is 16.1. The third kappa shape index (κ3) is 6.42. The number of nitrogens with one attached hydrogen (secondary N) is 2. The number of carbonyl (C=O) groups excluding carboxylic acids is 1. The number of hydrogen-bond acceptors (Lipinski definition) is 9. The number of carboxylic acid groups (broad SMARTS) is 1. The second-order valence-electron chi connectivity index (χ2n) is 8.17. The van der Waals surface area contributed by atoms with E-state index >= 15 is 0 Å². The number of thiazole rings is 1. The number of rotatable bonds is 10. The van der Waals surface area contributed by atoms with Gasteiger partial charge < -0.3 is 20.2 Å². The molecule has 0 radical (unpaired) electrons. The first-order valence-electron chi connectivity index (χ1n) is 11.0. The van der Waals surface area contributed by atoms with Gasteiger partial charge in [0, 0.05) is 50.8 Å². The van der Waals surface area contributed by atoms with Crippen molar-refractivity contribution < 1.29 is 23.1 Å². The molecule has 186 valence electrons. The fourth-order valence-electron chi connectivity index (χ4n) is 3.47. The topological polar surface area (TPSA) is 145 Å². The Morgan fingerprint density at radius 2 is 1.76 bits per heavy atom. The summed E-state index contributed by atoms with van der Waals surface area (Å²) in [5.74, 6) is -2.10. The van der Waals surface area contributed by atoms with Crippen LogP contribution in [0.25, 0.3) is 0 Å². The van der Waals surface area contributed by atoms with Crippen LogP contribution in [-0.4, -0.2) is 79.9 Å². The molecule has 11 nitrogen and oxygen atoms in total. The largest absolute Gasteiger partial charge is 0.480 e. The second kappa shape index (κ2) is 11.1. The standard InChI is InChI=1S/C21H30N6O5S2/c1-4-34(31,32)25-16(20(29)30)13-23-19(28)18-17(14(2)3)24-21(33-18)27-11-9-26(10-12-27)15-5-7-22-8-6-15/h5-8,14,16,25H,4,9-13H2,1-3H3,(H,23,28)(H,29,30)/t16-/m0/s1. The molecule has 1 aliphatic heterocycles. The number of pyridine rings is 1. The number of aliphatic carboxylic acids is 1. The van der Waals surface area contributed by atoms with Crippen molar-refractivity contribution in [2.45, 2.75) is 32.7 Å². The molecule has 3 rings (SSSR count). The number of amides is 1. The van der Waals surface area contributed by atoms with Crippen LogP contribution in [0.15, 0.2) is 24.5 Å². The maximum Gasteiger partial charge on any atom is 0.323 e. The number of carbonyl (C=O) groups is 2. The molecule has 2 aromatic heterocycles. The van der Waals surface area contributed by atoms with Crippen LogP contribution < -0.4 is 19.8 Å². The molecular formula is C21H30N6O5S2. The summed E-state index contributed by atoms with van der Waals surface area (Å²) in [7, 11) is -3.74. The fraction of sp³-hybridized carbons (Fsp3) is 0.524. The highest BCUT2D eigenvalue weighted by atomic mass is 32.2. The second-order valence-corrected chi connectivity index (χ2v) is 11.2. The molecule has 3 heterocycles. The van der Waals surface area contributed by atoms with E-state index in [-0.39, 0.29) is 18.2 Å². The third-order valence-electron chi connectivity index (χ3n) is 5.44. The van der Waals surface area contributed by atoms with E-state index in [4.69, 9.17) is 4.98 Å². The summed E-state index contributed by atoms with van der Waals surface area (Å²) in [5.41, 5.74) is 1.75. The highest BCUT2D eigenvalue weighted by Gasteiger charge is 2.28. The number of carboxylic acids is 1. The van der Waals surface area contributed by atoms with E-state index in [1.165, 1.54) is 18.3 Å². The summed E-state index contributed by atoms with van der Waals surface area (Å²) < 4.78 is 25.6. The molecule has 0 bridgehead atoms. The molecule has 34 heavy (non-hydrogen) atoms. The average Bonchev–Trinajstić information content (AvgIpc) is 3.28. The van der Waals surface area contributed by atoms with Crippen molar-refractivity contribution in [3.05, 3.63) is 35.1 Å². The van der Waals surface area contributed by atoms with Gasteiger partial charge in [0.25, 0.3) is 5.91 Å². The van der Waals surface area contributed by atoms with E-state index in [2.05, 4.69) is 24.8 Å². The number of sulfonamides is 1. The lowest BCUT2D eigenvalue weighted by atomic mass is 10.1. The first-order valence-corrected chi connectivity index (χ1v) is 13.5. The highest BCUT2D eigenvalue weighted by molar-refractivity contribution is 7.89. The predicted octanol–water partition coefficient (Wildman–Crippen LogP) is 1.11. The van der Waals surface area contributed by atoms with Crippen LogP contribution in [-0.2, 0) is 14.8 Å². The number of piperazine rings is 1. The Bertz CT molecular complexity index is 1100. The van der Waals surface area contributed by atoms with E-state index in [1.807, 2.05) is 26.0 Å². The van der Waals surface area contributed by atoms with Gasteiger partial charge >= 0.3 is 5.97 Å². The van der Waals surface area contributed by atoms with Crippen molar-refractivity contribution >= 4 is 44.1 Å². The van der Waals surface area contributed by atoms with Crippen LogP contribution in [0.4, 0.5) is 10.8 Å². The zero-order chi connectivity index (χ0) is 24.9. The summed E-state index contributed by atoms with van der Waals surface area (Å²) in [5, 5.41) is 12.6. The molecular weight excluding hydrogens is 480 g/mol. The molecule has 0 aliphatic carbocycles. The van der Waals surface area contributed by atoms with Crippen molar-refractivity contribution in [3.63, 3.8) is 0 Å². The Balaban J connectivity index is 1.68. The number of hydrogen-bond donors (Lipinski definition) is 3. The first kappa shape index (κ1) is 25.8. The molecule has 3 N–H and O–H groups in total. The van der Waals surface area contributed by atoms with Gasteiger partial charge in [0.15, 0.2) is 5.13 Å². The molecule has 2 aromatic rings. The summed E-state index contributed by atoms with van der Waals surface area (Å²) >= 11 is 1.27. The summed E-state index contributed by atoms with van der Waals surface area (Å²) in [6.45, 7) is 8.01. The van der Waals surface area contributed by atoms with Crippen LogP contribution in [0, 0.1) is 0 Å². The zero-order valence-corrected chi connectivity index (χ0v) is 21.0. The Labute approximate surface area is 203 Å². The molecule has 0 unspecified atom stereocenters. The Morgan fingerprint density at radius 3 is 2.32 bits per heavy atom.